The highest BCUT2D eigenvalue weighted by Gasteiger charge is 2.16. The maximum absolute atomic E-state index is 9.02. The Bertz CT molecular complexity index is 116. The SMILES string of the molecule is CC(=N)[C@@H](O)C(O)CCN. The van der Waals surface area contributed by atoms with E-state index < -0.39 is 12.2 Å². The Morgan fingerprint density at radius 1 is 1.60 bits per heavy atom. The molecule has 0 bridgehead atoms. The van der Waals surface area contributed by atoms with Gasteiger partial charge in [-0.15, -0.1) is 0 Å². The molecule has 0 rings (SSSR count). The van der Waals surface area contributed by atoms with Crippen molar-refractivity contribution in [2.75, 3.05) is 6.54 Å². The van der Waals surface area contributed by atoms with Crippen molar-refractivity contribution < 1.29 is 10.2 Å². The molecule has 0 heterocycles. The Labute approximate surface area is 60.2 Å². The molecule has 4 heteroatoms. The van der Waals surface area contributed by atoms with E-state index in [0.717, 1.165) is 0 Å². The lowest BCUT2D eigenvalue weighted by Crippen LogP contribution is -2.33. The Morgan fingerprint density at radius 3 is 2.40 bits per heavy atom. The molecule has 0 spiro atoms. The minimum absolute atomic E-state index is 0.0703. The summed E-state index contributed by atoms with van der Waals surface area (Å²) < 4.78 is 0. The first-order chi connectivity index (χ1) is 4.59. The number of aliphatic hydroxyl groups excluding tert-OH is 2. The minimum Gasteiger partial charge on any atom is -0.390 e. The maximum atomic E-state index is 9.02. The third-order valence-electron chi connectivity index (χ3n) is 1.27. The first kappa shape index (κ1) is 9.55. The molecule has 2 atom stereocenters. The zero-order valence-electron chi connectivity index (χ0n) is 6.04. The number of nitrogens with one attached hydrogen (secondary N) is 1. The van der Waals surface area contributed by atoms with E-state index in [1.165, 1.54) is 6.92 Å². The van der Waals surface area contributed by atoms with Crippen molar-refractivity contribution >= 4 is 5.71 Å². The second kappa shape index (κ2) is 4.38. The Morgan fingerprint density at radius 2 is 2.10 bits per heavy atom. The van der Waals surface area contributed by atoms with Crippen LogP contribution in [-0.4, -0.2) is 34.7 Å². The van der Waals surface area contributed by atoms with Gasteiger partial charge in [0.2, 0.25) is 0 Å². The van der Waals surface area contributed by atoms with Gasteiger partial charge in [0.05, 0.1) is 6.10 Å². The third-order valence-corrected chi connectivity index (χ3v) is 1.27. The van der Waals surface area contributed by atoms with Gasteiger partial charge in [0, 0.05) is 5.71 Å². The second-order valence-corrected chi connectivity index (χ2v) is 2.27. The smallest absolute Gasteiger partial charge is 0.117 e. The van der Waals surface area contributed by atoms with E-state index in [4.69, 9.17) is 21.4 Å². The van der Waals surface area contributed by atoms with Gasteiger partial charge in [-0.25, -0.2) is 0 Å². The number of aliphatic hydroxyl groups is 2. The highest BCUT2D eigenvalue weighted by molar-refractivity contribution is 5.83. The van der Waals surface area contributed by atoms with Crippen molar-refractivity contribution in [2.45, 2.75) is 25.6 Å². The van der Waals surface area contributed by atoms with Crippen LogP contribution in [0.2, 0.25) is 0 Å². The highest BCUT2D eigenvalue weighted by Crippen LogP contribution is 1.98. The topological polar surface area (TPSA) is 90.3 Å². The second-order valence-electron chi connectivity index (χ2n) is 2.27. The summed E-state index contributed by atoms with van der Waals surface area (Å²) in [7, 11) is 0. The zero-order valence-corrected chi connectivity index (χ0v) is 6.04. The molecule has 1 unspecified atom stereocenters. The normalized spacial score (nSPS) is 16.4. The van der Waals surface area contributed by atoms with Gasteiger partial charge >= 0.3 is 0 Å². The van der Waals surface area contributed by atoms with Crippen molar-refractivity contribution in [3.05, 3.63) is 0 Å². The van der Waals surface area contributed by atoms with Crippen LogP contribution in [-0.2, 0) is 0 Å². The molecule has 0 aromatic heterocycles. The quantitative estimate of drug-likeness (QED) is 0.387. The number of nitrogens with two attached hydrogens (primary N) is 1. The van der Waals surface area contributed by atoms with Crippen LogP contribution in [0.1, 0.15) is 13.3 Å². The molecule has 5 N–H and O–H groups in total. The van der Waals surface area contributed by atoms with Gasteiger partial charge in [-0.3, -0.25) is 0 Å². The number of hydrogen-bond donors (Lipinski definition) is 4. The van der Waals surface area contributed by atoms with Gasteiger partial charge in [-0.1, -0.05) is 0 Å². The van der Waals surface area contributed by atoms with Crippen molar-refractivity contribution in [1.82, 2.24) is 0 Å². The largest absolute Gasteiger partial charge is 0.390 e. The van der Waals surface area contributed by atoms with Crippen LogP contribution in [0.25, 0.3) is 0 Å². The Hall–Kier alpha value is -0.450. The summed E-state index contributed by atoms with van der Waals surface area (Å²) in [4.78, 5) is 0. The molecule has 0 aromatic carbocycles. The fourth-order valence-electron chi connectivity index (χ4n) is 0.617. The molecule has 0 aliphatic carbocycles. The Balaban J connectivity index is 3.69. The van der Waals surface area contributed by atoms with Crippen molar-refractivity contribution in [3.63, 3.8) is 0 Å². The number of rotatable bonds is 4. The summed E-state index contributed by atoms with van der Waals surface area (Å²) in [5.74, 6) is 0. The lowest BCUT2D eigenvalue weighted by atomic mass is 10.1. The van der Waals surface area contributed by atoms with Gasteiger partial charge in [0.15, 0.2) is 0 Å². The summed E-state index contributed by atoms with van der Waals surface area (Å²) in [6.07, 6.45) is -1.61. The molecule has 0 aliphatic heterocycles. The summed E-state index contributed by atoms with van der Waals surface area (Å²) in [6.45, 7) is 1.77. The maximum Gasteiger partial charge on any atom is 0.117 e. The molecular formula is C6H14N2O2. The van der Waals surface area contributed by atoms with E-state index in [9.17, 15) is 0 Å². The summed E-state index contributed by atoms with van der Waals surface area (Å²) in [5.41, 5.74) is 5.20. The molecule has 0 saturated heterocycles. The fourth-order valence-corrected chi connectivity index (χ4v) is 0.617. The van der Waals surface area contributed by atoms with Gasteiger partial charge in [-0.2, -0.15) is 0 Å². The van der Waals surface area contributed by atoms with Crippen molar-refractivity contribution in [3.8, 4) is 0 Å². The van der Waals surface area contributed by atoms with E-state index in [1.807, 2.05) is 0 Å². The van der Waals surface area contributed by atoms with E-state index in [2.05, 4.69) is 0 Å². The van der Waals surface area contributed by atoms with Gasteiger partial charge in [-0.05, 0) is 19.9 Å². The predicted molar refractivity (Wildman–Crippen MR) is 39.1 cm³/mol. The van der Waals surface area contributed by atoms with Crippen LogP contribution < -0.4 is 5.73 Å². The van der Waals surface area contributed by atoms with Gasteiger partial charge < -0.3 is 21.4 Å². The lowest BCUT2D eigenvalue weighted by Gasteiger charge is -2.14. The molecule has 4 nitrogen and oxygen atoms in total. The average Bonchev–Trinajstić information content (AvgIpc) is 1.87. The van der Waals surface area contributed by atoms with Gasteiger partial charge in [0.1, 0.15) is 6.10 Å². The van der Waals surface area contributed by atoms with Crippen LogP contribution in [0.3, 0.4) is 0 Å². The molecule has 0 fully saturated rings. The molecular weight excluding hydrogens is 132 g/mol. The Kier molecular flexibility index (Phi) is 4.18. The van der Waals surface area contributed by atoms with Crippen molar-refractivity contribution in [2.24, 2.45) is 5.73 Å². The lowest BCUT2D eigenvalue weighted by molar-refractivity contribution is 0.0553. The number of hydrogen-bond acceptors (Lipinski definition) is 4. The van der Waals surface area contributed by atoms with E-state index in [0.29, 0.717) is 13.0 Å². The summed E-state index contributed by atoms with van der Waals surface area (Å²) >= 11 is 0. The zero-order chi connectivity index (χ0) is 8.15. The average molecular weight is 146 g/mol. The van der Waals surface area contributed by atoms with Crippen molar-refractivity contribution in [1.29, 1.82) is 5.41 Å². The molecule has 0 aromatic rings. The van der Waals surface area contributed by atoms with Crippen LogP contribution >= 0.6 is 0 Å². The molecule has 60 valence electrons. The predicted octanol–water partition coefficient (Wildman–Crippen LogP) is -0.903. The molecule has 10 heavy (non-hydrogen) atoms. The van der Waals surface area contributed by atoms with Crippen LogP contribution in [0, 0.1) is 5.41 Å². The van der Waals surface area contributed by atoms with E-state index in [-0.39, 0.29) is 5.71 Å². The van der Waals surface area contributed by atoms with E-state index in [1.54, 1.807) is 0 Å². The third kappa shape index (κ3) is 2.91. The summed E-state index contributed by atoms with van der Waals surface area (Å²) in [5, 5.41) is 25.0. The monoisotopic (exact) mass is 146 g/mol. The van der Waals surface area contributed by atoms with Gasteiger partial charge in [0.25, 0.3) is 0 Å². The van der Waals surface area contributed by atoms with Crippen LogP contribution in [0.4, 0.5) is 0 Å². The standard InChI is InChI=1S/C6H14N2O2/c1-4(8)6(10)5(9)2-3-7/h5-6,8-10H,2-3,7H2,1H3/t5?,6-/m1/s1. The van der Waals surface area contributed by atoms with Crippen LogP contribution in [0.15, 0.2) is 0 Å². The van der Waals surface area contributed by atoms with E-state index >= 15 is 0 Å². The summed E-state index contributed by atoms with van der Waals surface area (Å²) in [6, 6.07) is 0. The molecule has 0 radical (unpaired) electrons. The first-order valence-corrected chi connectivity index (χ1v) is 3.20. The minimum atomic E-state index is -1.05. The molecule has 0 aliphatic rings. The van der Waals surface area contributed by atoms with Crippen LogP contribution in [0.5, 0.6) is 0 Å². The first-order valence-electron chi connectivity index (χ1n) is 3.20. The fraction of sp³-hybridized carbons (Fsp3) is 0.833. The molecule has 0 saturated carbocycles. The highest BCUT2D eigenvalue weighted by atomic mass is 16.3. The molecule has 0 amide bonds.